The summed E-state index contributed by atoms with van der Waals surface area (Å²) < 4.78 is 0. The van der Waals surface area contributed by atoms with Crippen LogP contribution in [0.2, 0.25) is 0 Å². The van der Waals surface area contributed by atoms with Gasteiger partial charge in [0.25, 0.3) is 0 Å². The summed E-state index contributed by atoms with van der Waals surface area (Å²) in [6, 6.07) is 0.0918. The van der Waals surface area contributed by atoms with Crippen LogP contribution in [0.1, 0.15) is 64.7 Å². The van der Waals surface area contributed by atoms with Gasteiger partial charge in [-0.15, -0.1) is 0 Å². The Kier molecular flexibility index (Phi) is 5.49. The highest BCUT2D eigenvalue weighted by molar-refractivity contribution is 7.99. The summed E-state index contributed by atoms with van der Waals surface area (Å²) in [5.41, 5.74) is 0. The molecule has 0 aromatic heterocycles. The fraction of sp³-hybridized carbons (Fsp3) is 0.941. The molecule has 3 nitrogen and oxygen atoms in total. The second-order valence-electron chi connectivity index (χ2n) is 6.98. The number of thioether (sulfide) groups is 1. The maximum absolute atomic E-state index is 12.8. The van der Waals surface area contributed by atoms with Crippen molar-refractivity contribution in [2.75, 3.05) is 12.3 Å². The molecular formula is C17H30N2OS. The van der Waals surface area contributed by atoms with E-state index in [1.807, 2.05) is 0 Å². The zero-order chi connectivity index (χ0) is 14.7. The van der Waals surface area contributed by atoms with Gasteiger partial charge in [0.2, 0.25) is 5.91 Å². The lowest BCUT2D eigenvalue weighted by molar-refractivity contribution is -0.130. The van der Waals surface area contributed by atoms with Gasteiger partial charge in [0.05, 0.1) is 12.2 Å². The van der Waals surface area contributed by atoms with E-state index in [1.165, 1.54) is 50.7 Å². The summed E-state index contributed by atoms with van der Waals surface area (Å²) in [4.78, 5) is 15.0. The van der Waals surface area contributed by atoms with Crippen molar-refractivity contribution >= 4 is 17.7 Å². The standard InChI is InChI=1S/C17H30N2OS/c1-2-7-15-17(20)19(12-14-10-5-6-11-21-14)16(18-15)13-8-3-4-9-13/h13-16,18H,2-12H2,1H3. The lowest BCUT2D eigenvalue weighted by Gasteiger charge is -2.33. The highest BCUT2D eigenvalue weighted by Crippen LogP contribution is 2.34. The summed E-state index contributed by atoms with van der Waals surface area (Å²) in [7, 11) is 0. The van der Waals surface area contributed by atoms with Crippen LogP contribution in [0.5, 0.6) is 0 Å². The predicted octanol–water partition coefficient (Wildman–Crippen LogP) is 3.39. The molecule has 120 valence electrons. The minimum absolute atomic E-state index is 0.0918. The number of carbonyl (C=O) groups is 1. The smallest absolute Gasteiger partial charge is 0.241 e. The van der Waals surface area contributed by atoms with Crippen molar-refractivity contribution in [1.29, 1.82) is 0 Å². The third-order valence-corrected chi connectivity index (χ3v) is 6.77. The van der Waals surface area contributed by atoms with Crippen molar-refractivity contribution in [3.05, 3.63) is 0 Å². The van der Waals surface area contributed by atoms with Gasteiger partial charge in [-0.3, -0.25) is 10.1 Å². The van der Waals surface area contributed by atoms with Gasteiger partial charge in [-0.2, -0.15) is 11.8 Å². The Morgan fingerprint density at radius 3 is 2.62 bits per heavy atom. The van der Waals surface area contributed by atoms with Crippen molar-refractivity contribution in [2.24, 2.45) is 5.92 Å². The number of hydrogen-bond acceptors (Lipinski definition) is 3. The van der Waals surface area contributed by atoms with Gasteiger partial charge in [0, 0.05) is 11.8 Å². The Morgan fingerprint density at radius 2 is 1.95 bits per heavy atom. The summed E-state index contributed by atoms with van der Waals surface area (Å²) in [5, 5.41) is 4.37. The molecule has 1 saturated carbocycles. The van der Waals surface area contributed by atoms with Crippen LogP contribution >= 0.6 is 11.8 Å². The zero-order valence-corrected chi connectivity index (χ0v) is 14.2. The fourth-order valence-corrected chi connectivity index (χ4v) is 5.54. The fourth-order valence-electron chi connectivity index (χ4n) is 4.24. The molecule has 2 saturated heterocycles. The third-order valence-electron chi connectivity index (χ3n) is 5.39. The normalized spacial score (nSPS) is 34.8. The second kappa shape index (κ2) is 7.36. The molecule has 0 spiro atoms. The quantitative estimate of drug-likeness (QED) is 0.845. The maximum atomic E-state index is 12.8. The number of nitrogens with zero attached hydrogens (tertiary/aromatic N) is 1. The minimum atomic E-state index is 0.0918. The molecule has 1 aliphatic carbocycles. The van der Waals surface area contributed by atoms with Crippen LogP contribution in [0.4, 0.5) is 0 Å². The maximum Gasteiger partial charge on any atom is 0.241 e. The Balaban J connectivity index is 1.67. The highest BCUT2D eigenvalue weighted by atomic mass is 32.2. The molecule has 3 unspecified atom stereocenters. The van der Waals surface area contributed by atoms with Crippen molar-refractivity contribution in [2.45, 2.75) is 82.2 Å². The number of hydrogen-bond donors (Lipinski definition) is 1. The topological polar surface area (TPSA) is 32.3 Å². The van der Waals surface area contributed by atoms with Crippen LogP contribution < -0.4 is 5.32 Å². The van der Waals surface area contributed by atoms with Crippen LogP contribution in [0.15, 0.2) is 0 Å². The van der Waals surface area contributed by atoms with E-state index in [-0.39, 0.29) is 6.04 Å². The predicted molar refractivity (Wildman–Crippen MR) is 89.4 cm³/mol. The lowest BCUT2D eigenvalue weighted by atomic mass is 10.0. The van der Waals surface area contributed by atoms with Gasteiger partial charge in [0.1, 0.15) is 0 Å². The van der Waals surface area contributed by atoms with Crippen LogP contribution in [0.3, 0.4) is 0 Å². The van der Waals surface area contributed by atoms with Gasteiger partial charge in [-0.25, -0.2) is 0 Å². The molecule has 1 amide bonds. The number of carbonyl (C=O) groups excluding carboxylic acids is 1. The van der Waals surface area contributed by atoms with Crippen molar-refractivity contribution in [3.8, 4) is 0 Å². The first-order chi connectivity index (χ1) is 10.3. The average Bonchev–Trinajstić information content (AvgIpc) is 3.12. The molecule has 3 rings (SSSR count). The monoisotopic (exact) mass is 310 g/mol. The molecule has 0 bridgehead atoms. The Bertz CT molecular complexity index is 351. The SMILES string of the molecule is CCCC1NC(C2CCCC2)N(CC2CCCCS2)C1=O. The number of amides is 1. The largest absolute Gasteiger partial charge is 0.324 e. The van der Waals surface area contributed by atoms with E-state index in [0.29, 0.717) is 23.2 Å². The van der Waals surface area contributed by atoms with Crippen LogP contribution in [-0.2, 0) is 4.79 Å². The van der Waals surface area contributed by atoms with Gasteiger partial charge in [0.15, 0.2) is 0 Å². The summed E-state index contributed by atoms with van der Waals surface area (Å²) in [5.74, 6) is 2.37. The minimum Gasteiger partial charge on any atom is -0.324 e. The lowest BCUT2D eigenvalue weighted by Crippen LogP contribution is -2.45. The van der Waals surface area contributed by atoms with Crippen molar-refractivity contribution in [1.82, 2.24) is 10.2 Å². The van der Waals surface area contributed by atoms with E-state index >= 15 is 0 Å². The third kappa shape index (κ3) is 3.58. The van der Waals surface area contributed by atoms with Crippen LogP contribution in [-0.4, -0.2) is 40.6 Å². The molecule has 21 heavy (non-hydrogen) atoms. The molecular weight excluding hydrogens is 280 g/mol. The first-order valence-electron chi connectivity index (χ1n) is 8.97. The molecule has 0 aromatic rings. The molecule has 1 N–H and O–H groups in total. The molecule has 2 aliphatic heterocycles. The first kappa shape index (κ1) is 15.7. The van der Waals surface area contributed by atoms with Gasteiger partial charge >= 0.3 is 0 Å². The van der Waals surface area contributed by atoms with Crippen LogP contribution in [0, 0.1) is 5.92 Å². The van der Waals surface area contributed by atoms with Crippen molar-refractivity contribution < 1.29 is 4.79 Å². The average molecular weight is 311 g/mol. The molecule has 3 atom stereocenters. The first-order valence-corrected chi connectivity index (χ1v) is 10.0. The van der Waals surface area contributed by atoms with E-state index in [4.69, 9.17) is 0 Å². The van der Waals surface area contributed by atoms with E-state index in [0.717, 1.165) is 19.4 Å². The Hall–Kier alpha value is -0.220. The van der Waals surface area contributed by atoms with E-state index in [9.17, 15) is 4.79 Å². The molecule has 3 fully saturated rings. The second-order valence-corrected chi connectivity index (χ2v) is 8.38. The molecule has 0 radical (unpaired) electrons. The van der Waals surface area contributed by atoms with Gasteiger partial charge in [-0.05, 0) is 43.8 Å². The van der Waals surface area contributed by atoms with Crippen molar-refractivity contribution in [3.63, 3.8) is 0 Å². The number of nitrogens with one attached hydrogen (secondary N) is 1. The van der Waals surface area contributed by atoms with Gasteiger partial charge in [-0.1, -0.05) is 32.6 Å². The highest BCUT2D eigenvalue weighted by Gasteiger charge is 2.43. The zero-order valence-electron chi connectivity index (χ0n) is 13.4. The summed E-state index contributed by atoms with van der Waals surface area (Å²) in [6.07, 6.45) is 11.7. The molecule has 3 aliphatic rings. The molecule has 0 aromatic carbocycles. The van der Waals surface area contributed by atoms with Gasteiger partial charge < -0.3 is 4.90 Å². The van der Waals surface area contributed by atoms with E-state index in [1.54, 1.807) is 0 Å². The number of rotatable bonds is 5. The summed E-state index contributed by atoms with van der Waals surface area (Å²) in [6.45, 7) is 3.16. The van der Waals surface area contributed by atoms with E-state index in [2.05, 4.69) is 28.9 Å². The molecule has 4 heteroatoms. The summed E-state index contributed by atoms with van der Waals surface area (Å²) >= 11 is 2.09. The Morgan fingerprint density at radius 1 is 1.19 bits per heavy atom. The van der Waals surface area contributed by atoms with E-state index < -0.39 is 0 Å². The van der Waals surface area contributed by atoms with Crippen LogP contribution in [0.25, 0.3) is 0 Å². The Labute approximate surface area is 133 Å². The molecule has 2 heterocycles.